The lowest BCUT2D eigenvalue weighted by Crippen LogP contribution is -2.50. The zero-order valence-corrected chi connectivity index (χ0v) is 13.9. The molecule has 1 aromatic carbocycles. The molecular weight excluding hydrogens is 368 g/mol. The Morgan fingerprint density at radius 2 is 1.40 bits per heavy atom. The standard InChI is InChI=1S/C11H15BrN2O4S2/c12-10-19(15,16)13-6-8-14(9-7-13)20(17,18)11-4-2-1-3-5-11/h1-5H,6-10H2. The molecule has 0 spiro atoms. The molecule has 0 aliphatic carbocycles. The van der Waals surface area contributed by atoms with Crippen LogP contribution in [0, 0.1) is 0 Å². The van der Waals surface area contributed by atoms with Gasteiger partial charge in [-0.15, -0.1) is 0 Å². The van der Waals surface area contributed by atoms with Crippen LogP contribution in [-0.2, 0) is 20.0 Å². The third-order valence-corrected chi connectivity index (χ3v) is 8.19. The van der Waals surface area contributed by atoms with Gasteiger partial charge in [-0.25, -0.2) is 16.8 Å². The third-order valence-electron chi connectivity index (χ3n) is 3.11. The second-order valence-electron chi connectivity index (χ2n) is 4.34. The number of nitrogens with zero attached hydrogens (tertiary/aromatic N) is 2. The molecule has 1 aromatic rings. The van der Waals surface area contributed by atoms with Gasteiger partial charge in [-0.2, -0.15) is 8.61 Å². The second-order valence-corrected chi connectivity index (χ2v) is 9.55. The van der Waals surface area contributed by atoms with Gasteiger partial charge in [0.15, 0.2) is 0 Å². The van der Waals surface area contributed by atoms with E-state index in [-0.39, 0.29) is 35.7 Å². The number of hydrogen-bond donors (Lipinski definition) is 0. The van der Waals surface area contributed by atoms with Gasteiger partial charge in [-0.05, 0) is 12.1 Å². The van der Waals surface area contributed by atoms with Gasteiger partial charge in [0.2, 0.25) is 20.0 Å². The smallest absolute Gasteiger partial charge is 0.211 e. The van der Waals surface area contributed by atoms with E-state index in [9.17, 15) is 16.8 Å². The van der Waals surface area contributed by atoms with E-state index in [0.717, 1.165) is 0 Å². The summed E-state index contributed by atoms with van der Waals surface area (Å²) in [6, 6.07) is 8.16. The van der Waals surface area contributed by atoms with Crippen molar-refractivity contribution in [3.05, 3.63) is 30.3 Å². The Kier molecular flexibility index (Phi) is 4.85. The first-order valence-corrected chi connectivity index (χ1v) is 10.1. The number of piperazine rings is 1. The maximum atomic E-state index is 12.4. The molecule has 9 heteroatoms. The van der Waals surface area contributed by atoms with Crippen LogP contribution in [0.1, 0.15) is 0 Å². The first-order chi connectivity index (χ1) is 9.38. The van der Waals surface area contributed by atoms with Crippen molar-refractivity contribution in [3.63, 3.8) is 0 Å². The number of sulfonamides is 2. The normalized spacial score (nSPS) is 19.1. The Bertz CT molecular complexity index is 653. The van der Waals surface area contributed by atoms with E-state index in [4.69, 9.17) is 0 Å². The maximum absolute atomic E-state index is 12.4. The molecule has 20 heavy (non-hydrogen) atoms. The monoisotopic (exact) mass is 382 g/mol. The summed E-state index contributed by atoms with van der Waals surface area (Å²) in [5.74, 6) is 0. The Morgan fingerprint density at radius 1 is 0.900 bits per heavy atom. The number of rotatable bonds is 4. The van der Waals surface area contributed by atoms with Crippen LogP contribution in [0.2, 0.25) is 0 Å². The second kappa shape index (κ2) is 6.10. The van der Waals surface area contributed by atoms with Crippen molar-refractivity contribution in [1.82, 2.24) is 8.61 Å². The predicted octanol–water partition coefficient (Wildman–Crippen LogP) is 0.675. The van der Waals surface area contributed by atoms with Crippen LogP contribution in [0.3, 0.4) is 0 Å². The Labute approximate surface area is 127 Å². The van der Waals surface area contributed by atoms with Crippen molar-refractivity contribution >= 4 is 36.0 Å². The molecule has 0 atom stereocenters. The zero-order chi connectivity index (χ0) is 14.8. The van der Waals surface area contributed by atoms with Crippen molar-refractivity contribution in [1.29, 1.82) is 0 Å². The van der Waals surface area contributed by atoms with Crippen molar-refractivity contribution in [2.45, 2.75) is 4.90 Å². The van der Waals surface area contributed by atoms with Crippen LogP contribution < -0.4 is 0 Å². The molecule has 6 nitrogen and oxygen atoms in total. The first-order valence-electron chi connectivity index (χ1n) is 5.97. The van der Waals surface area contributed by atoms with E-state index < -0.39 is 20.0 Å². The van der Waals surface area contributed by atoms with Crippen LogP contribution in [0.25, 0.3) is 0 Å². The van der Waals surface area contributed by atoms with Crippen molar-refractivity contribution in [2.24, 2.45) is 0 Å². The van der Waals surface area contributed by atoms with Gasteiger partial charge >= 0.3 is 0 Å². The summed E-state index contributed by atoms with van der Waals surface area (Å²) in [5.41, 5.74) is 0. The average Bonchev–Trinajstić information content (AvgIpc) is 2.48. The minimum absolute atomic E-state index is 0.147. The molecule has 1 fully saturated rings. The topological polar surface area (TPSA) is 74.8 Å². The quantitative estimate of drug-likeness (QED) is 0.717. The molecule has 0 saturated carbocycles. The van der Waals surface area contributed by atoms with Crippen LogP contribution in [0.15, 0.2) is 35.2 Å². The van der Waals surface area contributed by atoms with E-state index in [1.807, 2.05) is 0 Å². The highest BCUT2D eigenvalue weighted by Gasteiger charge is 2.32. The predicted molar refractivity (Wildman–Crippen MR) is 79.5 cm³/mol. The van der Waals surface area contributed by atoms with E-state index >= 15 is 0 Å². The Hall–Kier alpha value is -0.480. The number of benzene rings is 1. The SMILES string of the molecule is O=S(=O)(CBr)N1CCN(S(=O)(=O)c2ccccc2)CC1. The van der Waals surface area contributed by atoms with Gasteiger partial charge in [0, 0.05) is 26.2 Å². The van der Waals surface area contributed by atoms with Gasteiger partial charge < -0.3 is 0 Å². The fourth-order valence-corrected chi connectivity index (χ4v) is 5.17. The molecule has 0 N–H and O–H groups in total. The molecule has 0 unspecified atom stereocenters. The summed E-state index contributed by atoms with van der Waals surface area (Å²) in [4.78, 5) is 0.233. The highest BCUT2D eigenvalue weighted by Crippen LogP contribution is 2.18. The molecule has 112 valence electrons. The van der Waals surface area contributed by atoms with E-state index in [1.165, 1.54) is 20.7 Å². The van der Waals surface area contributed by atoms with E-state index in [0.29, 0.717) is 0 Å². The minimum atomic E-state index is -3.54. The molecule has 0 radical (unpaired) electrons. The van der Waals surface area contributed by atoms with Gasteiger partial charge in [0.1, 0.15) is 4.66 Å². The number of halogens is 1. The molecule has 0 amide bonds. The fourth-order valence-electron chi connectivity index (χ4n) is 2.00. The number of alkyl halides is 1. The Morgan fingerprint density at radius 3 is 1.90 bits per heavy atom. The summed E-state index contributed by atoms with van der Waals surface area (Å²) >= 11 is 2.94. The molecule has 0 aromatic heterocycles. The highest BCUT2D eigenvalue weighted by molar-refractivity contribution is 9.10. The van der Waals surface area contributed by atoms with Gasteiger partial charge in [-0.1, -0.05) is 34.1 Å². The molecule has 2 rings (SSSR count). The van der Waals surface area contributed by atoms with Crippen molar-refractivity contribution in [2.75, 3.05) is 30.8 Å². The van der Waals surface area contributed by atoms with Crippen LogP contribution in [0.5, 0.6) is 0 Å². The maximum Gasteiger partial charge on any atom is 0.243 e. The Balaban J connectivity index is 2.12. The molecule has 0 bridgehead atoms. The molecule has 1 aliphatic heterocycles. The lowest BCUT2D eigenvalue weighted by molar-refractivity contribution is 0.274. The first kappa shape index (κ1) is 15.9. The van der Waals surface area contributed by atoms with E-state index in [1.54, 1.807) is 18.2 Å². The summed E-state index contributed by atoms with van der Waals surface area (Å²) in [5, 5.41) is 0. The third kappa shape index (κ3) is 3.22. The van der Waals surface area contributed by atoms with Crippen LogP contribution >= 0.6 is 15.9 Å². The average molecular weight is 383 g/mol. The molecular formula is C11H15BrN2O4S2. The van der Waals surface area contributed by atoms with Gasteiger partial charge in [0.05, 0.1) is 4.90 Å². The molecule has 1 saturated heterocycles. The summed E-state index contributed by atoms with van der Waals surface area (Å²) in [6.07, 6.45) is 0. The largest absolute Gasteiger partial charge is 0.243 e. The summed E-state index contributed by atoms with van der Waals surface area (Å²) < 4.78 is 50.6. The highest BCUT2D eigenvalue weighted by atomic mass is 79.9. The van der Waals surface area contributed by atoms with Crippen LogP contribution in [0.4, 0.5) is 0 Å². The fraction of sp³-hybridized carbons (Fsp3) is 0.455. The van der Waals surface area contributed by atoms with Gasteiger partial charge in [0.25, 0.3) is 0 Å². The van der Waals surface area contributed by atoms with E-state index in [2.05, 4.69) is 15.9 Å². The lowest BCUT2D eigenvalue weighted by Gasteiger charge is -2.32. The molecule has 1 aliphatic rings. The van der Waals surface area contributed by atoms with Crippen molar-refractivity contribution < 1.29 is 16.8 Å². The zero-order valence-electron chi connectivity index (χ0n) is 10.6. The van der Waals surface area contributed by atoms with Gasteiger partial charge in [-0.3, -0.25) is 0 Å². The van der Waals surface area contributed by atoms with Crippen molar-refractivity contribution in [3.8, 4) is 0 Å². The summed E-state index contributed by atoms with van der Waals surface area (Å²) in [7, 11) is -6.86. The summed E-state index contributed by atoms with van der Waals surface area (Å²) in [6.45, 7) is 0.701. The minimum Gasteiger partial charge on any atom is -0.211 e. The lowest BCUT2D eigenvalue weighted by atomic mass is 10.4. The number of hydrogen-bond acceptors (Lipinski definition) is 4. The molecule has 1 heterocycles. The van der Waals surface area contributed by atoms with Crippen LogP contribution in [-0.4, -0.2) is 56.3 Å².